The predicted octanol–water partition coefficient (Wildman–Crippen LogP) is 5.14. The highest BCUT2D eigenvalue weighted by atomic mass is 32.1. The van der Waals surface area contributed by atoms with E-state index in [4.69, 9.17) is 9.47 Å². The van der Waals surface area contributed by atoms with E-state index in [1.807, 2.05) is 60.0 Å². The lowest BCUT2D eigenvalue weighted by molar-refractivity contribution is -0.127. The van der Waals surface area contributed by atoms with Gasteiger partial charge in [-0.2, -0.15) is 0 Å². The maximum Gasteiger partial charge on any atom is 0.248 e. The van der Waals surface area contributed by atoms with Crippen LogP contribution in [-0.2, 0) is 16.0 Å². The Balaban J connectivity index is 1.77. The van der Waals surface area contributed by atoms with E-state index in [2.05, 4.69) is 5.32 Å². The van der Waals surface area contributed by atoms with Gasteiger partial charge in [-0.1, -0.05) is 37.1 Å². The van der Waals surface area contributed by atoms with Crippen LogP contribution in [0.4, 0.5) is 5.69 Å². The van der Waals surface area contributed by atoms with Crippen molar-refractivity contribution in [1.29, 1.82) is 0 Å². The minimum atomic E-state index is -0.828. The van der Waals surface area contributed by atoms with Crippen LogP contribution in [0.15, 0.2) is 66.0 Å². The summed E-state index contributed by atoms with van der Waals surface area (Å²) in [5, 5.41) is 5.16. The zero-order chi connectivity index (χ0) is 23.9. The number of nitrogens with zero attached hydrogens (tertiary/aromatic N) is 1. The molecule has 0 spiro atoms. The first-order chi connectivity index (χ1) is 16.6. The van der Waals surface area contributed by atoms with Crippen molar-refractivity contribution in [3.8, 4) is 11.5 Å². The molecule has 1 fully saturated rings. The zero-order valence-electron chi connectivity index (χ0n) is 19.5. The van der Waals surface area contributed by atoms with Gasteiger partial charge in [-0.05, 0) is 54.1 Å². The largest absolute Gasteiger partial charge is 0.497 e. The van der Waals surface area contributed by atoms with E-state index in [0.717, 1.165) is 36.1 Å². The standard InChI is InChI=1S/C27H30N2O4S/c1-32-22-14-12-19(13-15-22)26(27(31)28-20-7-3-4-8-20)29(21-9-5-10-23(17-21)33-2)25(30)18-24-11-6-16-34-24/h5-6,9-17,20,26H,3-4,7-8,18H2,1-2H3,(H,28,31). The summed E-state index contributed by atoms with van der Waals surface area (Å²) >= 11 is 1.53. The highest BCUT2D eigenvalue weighted by Gasteiger charge is 2.34. The number of amides is 2. The van der Waals surface area contributed by atoms with E-state index >= 15 is 0 Å². The van der Waals surface area contributed by atoms with Crippen LogP contribution in [0.2, 0.25) is 0 Å². The van der Waals surface area contributed by atoms with Crippen molar-refractivity contribution >= 4 is 28.8 Å². The monoisotopic (exact) mass is 478 g/mol. The second-order valence-electron chi connectivity index (χ2n) is 8.39. The van der Waals surface area contributed by atoms with Crippen molar-refractivity contribution in [2.24, 2.45) is 0 Å². The minimum absolute atomic E-state index is 0.132. The van der Waals surface area contributed by atoms with Gasteiger partial charge in [0.25, 0.3) is 0 Å². The molecule has 1 N–H and O–H groups in total. The Labute approximate surface area is 204 Å². The van der Waals surface area contributed by atoms with E-state index in [9.17, 15) is 9.59 Å². The number of hydrogen-bond donors (Lipinski definition) is 1. The van der Waals surface area contributed by atoms with Crippen molar-refractivity contribution in [1.82, 2.24) is 5.32 Å². The molecule has 178 valence electrons. The molecule has 3 aromatic rings. The van der Waals surface area contributed by atoms with Crippen LogP contribution in [0.25, 0.3) is 0 Å². The molecule has 0 aliphatic heterocycles. The van der Waals surface area contributed by atoms with Crippen molar-refractivity contribution in [2.75, 3.05) is 19.1 Å². The maximum atomic E-state index is 13.8. The lowest BCUT2D eigenvalue weighted by atomic mass is 10.0. The van der Waals surface area contributed by atoms with E-state index < -0.39 is 6.04 Å². The summed E-state index contributed by atoms with van der Waals surface area (Å²) < 4.78 is 10.7. The number of rotatable bonds is 9. The number of ether oxygens (including phenoxy) is 2. The third-order valence-corrected chi connectivity index (χ3v) is 7.02. The average Bonchev–Trinajstić information content (AvgIpc) is 3.57. The fourth-order valence-corrected chi connectivity index (χ4v) is 5.09. The highest BCUT2D eigenvalue weighted by Crippen LogP contribution is 2.33. The summed E-state index contributed by atoms with van der Waals surface area (Å²) in [5.74, 6) is 0.977. The van der Waals surface area contributed by atoms with Crippen molar-refractivity contribution < 1.29 is 19.1 Å². The van der Waals surface area contributed by atoms with Gasteiger partial charge >= 0.3 is 0 Å². The van der Waals surface area contributed by atoms with Gasteiger partial charge in [-0.3, -0.25) is 14.5 Å². The van der Waals surface area contributed by atoms with Crippen LogP contribution in [0, 0.1) is 0 Å². The van der Waals surface area contributed by atoms with Crippen LogP contribution >= 0.6 is 11.3 Å². The molecule has 2 aromatic carbocycles. The molecule has 1 aromatic heterocycles. The average molecular weight is 479 g/mol. The molecule has 1 aliphatic carbocycles. The molecular weight excluding hydrogens is 448 g/mol. The SMILES string of the molecule is COc1ccc(C(C(=O)NC2CCCC2)N(C(=O)Cc2cccs2)c2cccc(OC)c2)cc1. The molecule has 0 saturated heterocycles. The first-order valence-electron chi connectivity index (χ1n) is 11.5. The quantitative estimate of drug-likeness (QED) is 0.462. The number of benzene rings is 2. The molecule has 1 saturated carbocycles. The summed E-state index contributed by atoms with van der Waals surface area (Å²) in [6.07, 6.45) is 4.34. The van der Waals surface area contributed by atoms with Crippen LogP contribution in [0.3, 0.4) is 0 Å². The summed E-state index contributed by atoms with van der Waals surface area (Å²) in [6.45, 7) is 0. The molecule has 0 radical (unpaired) electrons. The highest BCUT2D eigenvalue weighted by molar-refractivity contribution is 7.10. The van der Waals surface area contributed by atoms with Gasteiger partial charge in [0.15, 0.2) is 0 Å². The number of hydrogen-bond acceptors (Lipinski definition) is 5. The molecule has 6 nitrogen and oxygen atoms in total. The van der Waals surface area contributed by atoms with Crippen LogP contribution in [-0.4, -0.2) is 32.1 Å². The molecule has 0 bridgehead atoms. The summed E-state index contributed by atoms with van der Waals surface area (Å²) in [4.78, 5) is 30.1. The topological polar surface area (TPSA) is 67.9 Å². The smallest absolute Gasteiger partial charge is 0.248 e. The Bertz CT molecular complexity index is 1090. The molecule has 1 atom stereocenters. The predicted molar refractivity (Wildman–Crippen MR) is 135 cm³/mol. The van der Waals surface area contributed by atoms with E-state index in [1.165, 1.54) is 11.3 Å². The Morgan fingerprint density at radius 1 is 1.00 bits per heavy atom. The van der Waals surface area contributed by atoms with E-state index in [1.54, 1.807) is 25.2 Å². The van der Waals surface area contributed by atoms with Crippen LogP contribution in [0.5, 0.6) is 11.5 Å². The lowest BCUT2D eigenvalue weighted by Crippen LogP contribution is -2.46. The summed E-state index contributed by atoms with van der Waals surface area (Å²) in [5.41, 5.74) is 1.34. The normalized spacial score (nSPS) is 14.4. The Kier molecular flexibility index (Phi) is 7.85. The number of methoxy groups -OCH3 is 2. The number of nitrogens with one attached hydrogen (secondary N) is 1. The molecule has 2 amide bonds. The summed E-state index contributed by atoms with van der Waals surface area (Å²) in [6, 6.07) is 17.8. The Hall–Kier alpha value is -3.32. The molecule has 1 heterocycles. The number of carbonyl (C=O) groups is 2. The third kappa shape index (κ3) is 5.59. The van der Waals surface area contributed by atoms with Crippen molar-refractivity contribution in [2.45, 2.75) is 44.2 Å². The van der Waals surface area contributed by atoms with E-state index in [0.29, 0.717) is 17.2 Å². The number of thiophene rings is 1. The van der Waals surface area contributed by atoms with Gasteiger partial charge in [-0.15, -0.1) is 11.3 Å². The number of anilines is 1. The minimum Gasteiger partial charge on any atom is -0.497 e. The summed E-state index contributed by atoms with van der Waals surface area (Å²) in [7, 11) is 3.19. The zero-order valence-corrected chi connectivity index (χ0v) is 20.3. The molecular formula is C27H30N2O4S. The third-order valence-electron chi connectivity index (χ3n) is 6.15. The van der Waals surface area contributed by atoms with Gasteiger partial charge in [0.1, 0.15) is 17.5 Å². The number of carbonyl (C=O) groups excluding carboxylic acids is 2. The first-order valence-corrected chi connectivity index (χ1v) is 12.4. The Morgan fingerprint density at radius 2 is 1.74 bits per heavy atom. The fourth-order valence-electron chi connectivity index (χ4n) is 4.40. The molecule has 4 rings (SSSR count). The Morgan fingerprint density at radius 3 is 2.38 bits per heavy atom. The van der Waals surface area contributed by atoms with Gasteiger partial charge in [0.2, 0.25) is 11.8 Å². The van der Waals surface area contributed by atoms with Crippen LogP contribution < -0.4 is 19.7 Å². The van der Waals surface area contributed by atoms with Crippen molar-refractivity contribution in [3.63, 3.8) is 0 Å². The second kappa shape index (κ2) is 11.2. The van der Waals surface area contributed by atoms with Crippen LogP contribution in [0.1, 0.15) is 42.2 Å². The van der Waals surface area contributed by atoms with E-state index in [-0.39, 0.29) is 24.3 Å². The molecule has 1 aliphatic rings. The second-order valence-corrected chi connectivity index (χ2v) is 9.42. The van der Waals surface area contributed by atoms with Crippen molar-refractivity contribution in [3.05, 3.63) is 76.5 Å². The van der Waals surface area contributed by atoms with Gasteiger partial charge in [0.05, 0.1) is 20.6 Å². The van der Waals surface area contributed by atoms with Gasteiger partial charge in [0, 0.05) is 22.7 Å². The lowest BCUT2D eigenvalue weighted by Gasteiger charge is -2.32. The fraction of sp³-hybridized carbons (Fsp3) is 0.333. The molecule has 7 heteroatoms. The molecule has 1 unspecified atom stereocenters. The van der Waals surface area contributed by atoms with Gasteiger partial charge < -0.3 is 14.8 Å². The first kappa shape index (κ1) is 23.8. The maximum absolute atomic E-state index is 13.8. The van der Waals surface area contributed by atoms with Gasteiger partial charge in [-0.25, -0.2) is 0 Å². The molecule has 34 heavy (non-hydrogen) atoms.